The van der Waals surface area contributed by atoms with Crippen molar-refractivity contribution in [3.05, 3.63) is 48.5 Å². The molecule has 1 aliphatic heterocycles. The largest absolute Gasteiger partial charge is 0.446 e. The summed E-state index contributed by atoms with van der Waals surface area (Å²) in [5.74, 6) is 0. The summed E-state index contributed by atoms with van der Waals surface area (Å²) in [5, 5.41) is 2.71. The topological polar surface area (TPSA) is 93.7 Å². The highest BCUT2D eigenvalue weighted by Crippen LogP contribution is 2.29. The number of rotatable bonds is 5. The fourth-order valence-corrected chi connectivity index (χ4v) is 4.87. The van der Waals surface area contributed by atoms with E-state index in [-0.39, 0.29) is 11.0 Å². The van der Waals surface area contributed by atoms with Crippen LogP contribution in [-0.2, 0) is 19.5 Å². The molecule has 162 valence electrons. The number of nitrogens with one attached hydrogen (secondary N) is 2. The molecule has 0 atom stereocenters. The van der Waals surface area contributed by atoms with E-state index in [1.54, 1.807) is 69.3 Å². The molecule has 0 aromatic heterocycles. The highest BCUT2D eigenvalue weighted by molar-refractivity contribution is 7.89. The maximum atomic E-state index is 12.8. The number of ether oxygens (including phenoxy) is 2. The predicted octanol–water partition coefficient (Wildman–Crippen LogP) is 4.16. The Morgan fingerprint density at radius 1 is 1.03 bits per heavy atom. The zero-order valence-electron chi connectivity index (χ0n) is 17.5. The van der Waals surface area contributed by atoms with Gasteiger partial charge in [-0.15, -0.1) is 0 Å². The fraction of sp³-hybridized carbons (Fsp3) is 0.409. The van der Waals surface area contributed by atoms with Gasteiger partial charge in [0, 0.05) is 29.6 Å². The molecule has 1 saturated heterocycles. The summed E-state index contributed by atoms with van der Waals surface area (Å²) in [6, 6.07) is 13.8. The summed E-state index contributed by atoms with van der Waals surface area (Å²) in [4.78, 5) is 12.3. The Morgan fingerprint density at radius 2 is 1.67 bits per heavy atom. The van der Waals surface area contributed by atoms with Gasteiger partial charge in [-0.3, -0.25) is 5.32 Å². The van der Waals surface area contributed by atoms with E-state index in [2.05, 4.69) is 10.0 Å². The summed E-state index contributed by atoms with van der Waals surface area (Å²) in [6.45, 7) is 6.59. The minimum Gasteiger partial charge on any atom is -0.446 e. The molecule has 8 heteroatoms. The molecule has 2 N–H and O–H groups in total. The van der Waals surface area contributed by atoms with Crippen LogP contribution in [0.15, 0.2) is 53.4 Å². The summed E-state index contributed by atoms with van der Waals surface area (Å²) in [7, 11) is -3.69. The highest BCUT2D eigenvalue weighted by Gasteiger charge is 2.24. The van der Waals surface area contributed by atoms with E-state index < -0.39 is 21.7 Å². The van der Waals surface area contributed by atoms with Crippen molar-refractivity contribution >= 4 is 21.8 Å². The Kier molecular flexibility index (Phi) is 6.80. The highest BCUT2D eigenvalue weighted by atomic mass is 32.2. The van der Waals surface area contributed by atoms with Crippen molar-refractivity contribution in [2.75, 3.05) is 18.5 Å². The maximum absolute atomic E-state index is 12.8. The van der Waals surface area contributed by atoms with Crippen LogP contribution in [0.2, 0.25) is 0 Å². The number of carbonyl (C=O) groups excluding carboxylic acids is 1. The summed E-state index contributed by atoms with van der Waals surface area (Å²) >= 11 is 0. The second kappa shape index (κ2) is 9.16. The van der Waals surface area contributed by atoms with Gasteiger partial charge in [0.05, 0.1) is 18.1 Å². The third kappa shape index (κ3) is 6.04. The molecule has 0 radical (unpaired) electrons. The number of sulfonamides is 1. The Morgan fingerprint density at radius 3 is 2.30 bits per heavy atom. The molecule has 0 bridgehead atoms. The molecule has 1 fully saturated rings. The monoisotopic (exact) mass is 432 g/mol. The number of amides is 1. The average Bonchev–Trinajstić information content (AvgIpc) is 2.67. The van der Waals surface area contributed by atoms with Crippen molar-refractivity contribution in [3.63, 3.8) is 0 Å². The van der Waals surface area contributed by atoms with Crippen molar-refractivity contribution < 1.29 is 22.7 Å². The van der Waals surface area contributed by atoms with Crippen molar-refractivity contribution in [2.45, 2.75) is 50.2 Å². The van der Waals surface area contributed by atoms with E-state index in [1.807, 2.05) is 0 Å². The number of hydrogen-bond acceptors (Lipinski definition) is 5. The van der Waals surface area contributed by atoms with Crippen molar-refractivity contribution in [1.29, 1.82) is 0 Å². The Bertz CT molecular complexity index is 975. The second-order valence-electron chi connectivity index (χ2n) is 8.27. The lowest BCUT2D eigenvalue weighted by Gasteiger charge is -2.22. The van der Waals surface area contributed by atoms with E-state index in [4.69, 9.17) is 9.47 Å². The number of benzene rings is 2. The van der Waals surface area contributed by atoms with Gasteiger partial charge >= 0.3 is 6.09 Å². The molecule has 1 heterocycles. The van der Waals surface area contributed by atoms with Crippen molar-refractivity contribution in [3.8, 4) is 11.1 Å². The van der Waals surface area contributed by atoms with E-state index in [0.717, 1.165) is 5.56 Å². The minimum absolute atomic E-state index is 0.134. The molecule has 0 aliphatic carbocycles. The van der Waals surface area contributed by atoms with Crippen LogP contribution in [0.1, 0.15) is 33.6 Å². The quantitative estimate of drug-likeness (QED) is 0.740. The first-order valence-electron chi connectivity index (χ1n) is 9.93. The normalized spacial score (nSPS) is 15.6. The Labute approximate surface area is 177 Å². The molecule has 7 nitrogen and oxygen atoms in total. The average molecular weight is 433 g/mol. The van der Waals surface area contributed by atoms with E-state index in [0.29, 0.717) is 37.3 Å². The second-order valence-corrected chi connectivity index (χ2v) is 9.92. The van der Waals surface area contributed by atoms with E-state index in [1.165, 1.54) is 0 Å². The third-order valence-corrected chi connectivity index (χ3v) is 6.32. The number of hydrogen-bond donors (Lipinski definition) is 2. The molecule has 1 amide bonds. The van der Waals surface area contributed by atoms with Crippen molar-refractivity contribution in [1.82, 2.24) is 4.72 Å². The van der Waals surface area contributed by atoms with Crippen molar-refractivity contribution in [2.24, 2.45) is 0 Å². The maximum Gasteiger partial charge on any atom is 0.411 e. The first-order valence-corrected chi connectivity index (χ1v) is 11.4. The van der Waals surface area contributed by atoms with Crippen LogP contribution in [0.25, 0.3) is 11.1 Å². The fourth-order valence-electron chi connectivity index (χ4n) is 3.22. The van der Waals surface area contributed by atoms with Gasteiger partial charge in [-0.05, 0) is 44.5 Å². The summed E-state index contributed by atoms with van der Waals surface area (Å²) in [5.41, 5.74) is 1.30. The molecule has 3 rings (SSSR count). The molecule has 30 heavy (non-hydrogen) atoms. The molecule has 0 unspecified atom stereocenters. The molecule has 2 aromatic rings. The lowest BCUT2D eigenvalue weighted by Crippen LogP contribution is -2.40. The first kappa shape index (κ1) is 22.3. The minimum atomic E-state index is -3.69. The molecule has 0 saturated carbocycles. The van der Waals surface area contributed by atoms with Crippen LogP contribution in [0, 0.1) is 0 Å². The lowest BCUT2D eigenvalue weighted by atomic mass is 10.1. The van der Waals surface area contributed by atoms with Crippen LogP contribution in [0.4, 0.5) is 10.5 Å². The van der Waals surface area contributed by atoms with Gasteiger partial charge in [-0.25, -0.2) is 17.9 Å². The Balaban J connectivity index is 1.74. The summed E-state index contributed by atoms with van der Waals surface area (Å²) < 4.78 is 39.0. The van der Waals surface area contributed by atoms with Crippen LogP contribution < -0.4 is 10.0 Å². The standard InChI is InChI=1S/C22H28N2O5S/c1-22(2,3)24-30(26,27)20-7-5-4-6-19(20)16-8-10-17(11-9-16)23-21(25)29-18-12-14-28-15-13-18/h4-11,18,24H,12-15H2,1-3H3,(H,23,25). The van der Waals surface area contributed by atoms with Gasteiger partial charge < -0.3 is 9.47 Å². The molecule has 0 spiro atoms. The van der Waals surface area contributed by atoms with Gasteiger partial charge in [0.25, 0.3) is 0 Å². The van der Waals surface area contributed by atoms with Crippen LogP contribution in [-0.4, -0.2) is 39.4 Å². The SMILES string of the molecule is CC(C)(C)NS(=O)(=O)c1ccccc1-c1ccc(NC(=O)OC2CCOCC2)cc1. The molecule has 1 aliphatic rings. The molecule has 2 aromatic carbocycles. The van der Waals surface area contributed by atoms with Gasteiger partial charge in [-0.2, -0.15) is 0 Å². The van der Waals surface area contributed by atoms with Gasteiger partial charge in [-0.1, -0.05) is 30.3 Å². The van der Waals surface area contributed by atoms with E-state index >= 15 is 0 Å². The van der Waals surface area contributed by atoms with E-state index in [9.17, 15) is 13.2 Å². The smallest absolute Gasteiger partial charge is 0.411 e. The van der Waals surface area contributed by atoms with Gasteiger partial charge in [0.1, 0.15) is 6.10 Å². The van der Waals surface area contributed by atoms with Crippen LogP contribution >= 0.6 is 0 Å². The molecular weight excluding hydrogens is 404 g/mol. The number of anilines is 1. The van der Waals surface area contributed by atoms with Gasteiger partial charge in [0.15, 0.2) is 0 Å². The predicted molar refractivity (Wildman–Crippen MR) is 116 cm³/mol. The first-order chi connectivity index (χ1) is 14.1. The van der Waals surface area contributed by atoms with Crippen LogP contribution in [0.5, 0.6) is 0 Å². The lowest BCUT2D eigenvalue weighted by molar-refractivity contribution is 0.00592. The zero-order chi connectivity index (χ0) is 21.8. The Hall–Kier alpha value is -2.42. The zero-order valence-corrected chi connectivity index (χ0v) is 18.3. The summed E-state index contributed by atoms with van der Waals surface area (Å²) in [6.07, 6.45) is 0.748. The third-order valence-electron chi connectivity index (χ3n) is 4.50. The number of carbonyl (C=O) groups is 1. The molecular formula is C22H28N2O5S. The van der Waals surface area contributed by atoms with Gasteiger partial charge in [0.2, 0.25) is 10.0 Å². The van der Waals surface area contributed by atoms with Crippen LogP contribution in [0.3, 0.4) is 0 Å².